The molecular weight excluding hydrogens is 338 g/mol. The molecule has 0 aliphatic carbocycles. The van der Waals surface area contributed by atoms with E-state index < -0.39 is 5.97 Å². The maximum Gasteiger partial charge on any atom is 0.338 e. The second kappa shape index (κ2) is 9.98. The number of benzene rings is 1. The number of rotatable bonds is 9. The van der Waals surface area contributed by atoms with Crippen LogP contribution in [0.3, 0.4) is 0 Å². The van der Waals surface area contributed by atoms with E-state index in [0.29, 0.717) is 23.8 Å². The lowest BCUT2D eigenvalue weighted by Crippen LogP contribution is -2.37. The predicted molar refractivity (Wildman–Crippen MR) is 99.2 cm³/mol. The number of carbonyl (C=O) groups is 1. The minimum absolute atomic E-state index is 0.0760. The molecule has 1 aliphatic rings. The average Bonchev–Trinajstić information content (AvgIpc) is 2.64. The van der Waals surface area contributed by atoms with E-state index in [0.717, 1.165) is 39.3 Å². The Bertz CT molecular complexity index is 627. The van der Waals surface area contributed by atoms with E-state index >= 15 is 0 Å². The number of hydrogen-bond donors (Lipinski definition) is 1. The molecule has 0 amide bonds. The van der Waals surface area contributed by atoms with E-state index in [-0.39, 0.29) is 5.56 Å². The third kappa shape index (κ3) is 5.89. The van der Waals surface area contributed by atoms with Gasteiger partial charge in [-0.1, -0.05) is 0 Å². The molecule has 0 radical (unpaired) electrons. The van der Waals surface area contributed by atoms with Gasteiger partial charge in [-0.25, -0.2) is 9.79 Å². The highest BCUT2D eigenvalue weighted by Crippen LogP contribution is 2.35. The molecule has 0 atom stereocenters. The second-order valence-corrected chi connectivity index (χ2v) is 6.19. The van der Waals surface area contributed by atoms with Crippen molar-refractivity contribution in [3.63, 3.8) is 0 Å². The largest absolute Gasteiger partial charge is 0.493 e. The Hall–Kier alpha value is -2.32. The number of aliphatic imine (C=N–C) groups is 1. The van der Waals surface area contributed by atoms with E-state index in [1.165, 1.54) is 13.2 Å². The summed E-state index contributed by atoms with van der Waals surface area (Å²) in [5.74, 6) is -0.181. The monoisotopic (exact) mass is 365 g/mol. The zero-order valence-electron chi connectivity index (χ0n) is 15.6. The fourth-order valence-electron chi connectivity index (χ4n) is 2.57. The molecule has 1 fully saturated rings. The van der Waals surface area contributed by atoms with Crippen LogP contribution in [0.4, 0.5) is 5.69 Å². The fraction of sp³-hybridized carbons (Fsp3) is 0.556. The van der Waals surface area contributed by atoms with Crippen molar-refractivity contribution < 1.29 is 24.1 Å². The van der Waals surface area contributed by atoms with Crippen molar-refractivity contribution in [2.75, 3.05) is 60.7 Å². The first-order valence-corrected chi connectivity index (χ1v) is 8.60. The topological polar surface area (TPSA) is 83.8 Å². The summed E-state index contributed by atoms with van der Waals surface area (Å²) >= 11 is 0. The van der Waals surface area contributed by atoms with Crippen molar-refractivity contribution in [1.29, 1.82) is 0 Å². The molecule has 0 unspecified atom stereocenters. The third-order valence-corrected chi connectivity index (χ3v) is 3.92. The molecule has 0 aromatic heterocycles. The van der Waals surface area contributed by atoms with Crippen LogP contribution in [0.1, 0.15) is 16.8 Å². The quantitative estimate of drug-likeness (QED) is 0.405. The van der Waals surface area contributed by atoms with Gasteiger partial charge in [-0.2, -0.15) is 0 Å². The van der Waals surface area contributed by atoms with Crippen molar-refractivity contribution >= 4 is 18.0 Å². The molecule has 8 nitrogen and oxygen atoms in total. The summed E-state index contributed by atoms with van der Waals surface area (Å²) in [6.45, 7) is 4.81. The lowest BCUT2D eigenvalue weighted by molar-refractivity contribution is 0.0357. The molecule has 1 N–H and O–H groups in total. The number of morpholine rings is 1. The number of ether oxygens (including phenoxy) is 3. The number of carboxylic acid groups (broad SMARTS) is 1. The third-order valence-electron chi connectivity index (χ3n) is 3.92. The van der Waals surface area contributed by atoms with Gasteiger partial charge in [0.2, 0.25) is 0 Å². The van der Waals surface area contributed by atoms with Crippen molar-refractivity contribution in [2.45, 2.75) is 6.42 Å². The van der Waals surface area contributed by atoms with Crippen molar-refractivity contribution in [3.05, 3.63) is 17.7 Å². The summed E-state index contributed by atoms with van der Waals surface area (Å²) in [6.07, 6.45) is 2.39. The molecule has 8 heteroatoms. The van der Waals surface area contributed by atoms with Gasteiger partial charge in [0.25, 0.3) is 0 Å². The van der Waals surface area contributed by atoms with Gasteiger partial charge in [0.05, 0.1) is 44.5 Å². The maximum atomic E-state index is 11.6. The summed E-state index contributed by atoms with van der Waals surface area (Å²) in [7, 11) is 5.15. The van der Waals surface area contributed by atoms with Crippen LogP contribution < -0.4 is 9.47 Å². The Morgan fingerprint density at radius 3 is 2.69 bits per heavy atom. The molecule has 2 rings (SSSR count). The molecular formula is C18H27N3O5. The number of carboxylic acids is 1. The van der Waals surface area contributed by atoms with Gasteiger partial charge in [0.15, 0.2) is 11.5 Å². The molecule has 1 aliphatic heterocycles. The Kier molecular flexibility index (Phi) is 7.68. The molecule has 0 bridgehead atoms. The molecule has 1 aromatic carbocycles. The predicted octanol–water partition coefficient (Wildman–Crippen LogP) is 1.72. The van der Waals surface area contributed by atoms with Crippen molar-refractivity contribution in [1.82, 2.24) is 9.80 Å². The fourth-order valence-corrected chi connectivity index (χ4v) is 2.57. The van der Waals surface area contributed by atoms with Gasteiger partial charge in [-0.05, 0) is 6.42 Å². The average molecular weight is 365 g/mol. The summed E-state index contributed by atoms with van der Waals surface area (Å²) < 4.78 is 16.5. The van der Waals surface area contributed by atoms with E-state index in [1.807, 2.05) is 14.1 Å². The number of hydrogen-bond acceptors (Lipinski definition) is 6. The highest BCUT2D eigenvalue weighted by molar-refractivity contribution is 5.95. The number of nitrogens with zero attached hydrogens (tertiary/aromatic N) is 3. The highest BCUT2D eigenvalue weighted by atomic mass is 16.5. The first-order chi connectivity index (χ1) is 12.5. The van der Waals surface area contributed by atoms with Crippen LogP contribution in [-0.4, -0.2) is 87.9 Å². The molecule has 1 heterocycles. The van der Waals surface area contributed by atoms with Gasteiger partial charge in [0, 0.05) is 45.9 Å². The Morgan fingerprint density at radius 1 is 1.35 bits per heavy atom. The van der Waals surface area contributed by atoms with Crippen LogP contribution in [-0.2, 0) is 4.74 Å². The van der Waals surface area contributed by atoms with Crippen LogP contribution in [0.25, 0.3) is 0 Å². The van der Waals surface area contributed by atoms with Crippen molar-refractivity contribution in [3.8, 4) is 11.5 Å². The molecule has 1 saturated heterocycles. The molecule has 144 valence electrons. The van der Waals surface area contributed by atoms with E-state index in [4.69, 9.17) is 14.2 Å². The van der Waals surface area contributed by atoms with Crippen molar-refractivity contribution in [2.24, 2.45) is 4.99 Å². The molecule has 26 heavy (non-hydrogen) atoms. The van der Waals surface area contributed by atoms with Gasteiger partial charge < -0.3 is 24.2 Å². The summed E-state index contributed by atoms with van der Waals surface area (Å²) in [6, 6.07) is 3.05. The molecule has 0 spiro atoms. The van der Waals surface area contributed by atoms with E-state index in [2.05, 4.69) is 9.89 Å². The van der Waals surface area contributed by atoms with Crippen LogP contribution in [0.2, 0.25) is 0 Å². The van der Waals surface area contributed by atoms with Crippen LogP contribution in [0.5, 0.6) is 11.5 Å². The first-order valence-electron chi connectivity index (χ1n) is 8.60. The van der Waals surface area contributed by atoms with Crippen LogP contribution in [0, 0.1) is 0 Å². The van der Waals surface area contributed by atoms with E-state index in [1.54, 1.807) is 17.3 Å². The van der Waals surface area contributed by atoms with Gasteiger partial charge in [-0.15, -0.1) is 0 Å². The van der Waals surface area contributed by atoms with Crippen LogP contribution >= 0.6 is 0 Å². The Morgan fingerprint density at radius 2 is 2.08 bits per heavy atom. The normalized spacial score (nSPS) is 15.2. The summed E-state index contributed by atoms with van der Waals surface area (Å²) in [4.78, 5) is 19.8. The Balaban J connectivity index is 2.04. The SMILES string of the molecule is COc1cc(N=CN(C)C)c(C(=O)O)cc1OCCCN1CCOCC1. The second-order valence-electron chi connectivity index (χ2n) is 6.19. The molecule has 1 aromatic rings. The lowest BCUT2D eigenvalue weighted by Gasteiger charge is -2.26. The van der Waals surface area contributed by atoms with Crippen LogP contribution in [0.15, 0.2) is 17.1 Å². The zero-order chi connectivity index (χ0) is 18.9. The van der Waals surface area contributed by atoms with Gasteiger partial charge in [0.1, 0.15) is 0 Å². The van der Waals surface area contributed by atoms with Gasteiger partial charge >= 0.3 is 5.97 Å². The summed E-state index contributed by atoms with van der Waals surface area (Å²) in [5, 5.41) is 9.46. The maximum absolute atomic E-state index is 11.6. The van der Waals surface area contributed by atoms with Gasteiger partial charge in [-0.3, -0.25) is 4.90 Å². The first kappa shape index (κ1) is 20.0. The zero-order valence-corrected chi connectivity index (χ0v) is 15.6. The standard InChI is InChI=1S/C18H27N3O5/c1-20(2)13-19-15-12-16(24-3)17(11-14(15)18(22)23)26-8-4-5-21-6-9-25-10-7-21/h11-13H,4-10H2,1-3H3,(H,22,23). The number of methoxy groups -OCH3 is 1. The summed E-state index contributed by atoms with van der Waals surface area (Å²) in [5.41, 5.74) is 0.399. The number of aromatic carboxylic acids is 1. The van der Waals surface area contributed by atoms with E-state index in [9.17, 15) is 9.90 Å². The Labute approximate surface area is 154 Å². The minimum Gasteiger partial charge on any atom is -0.493 e. The highest BCUT2D eigenvalue weighted by Gasteiger charge is 2.17. The molecule has 0 saturated carbocycles. The minimum atomic E-state index is -1.06. The lowest BCUT2D eigenvalue weighted by atomic mass is 10.1. The smallest absolute Gasteiger partial charge is 0.338 e.